The molecule has 130 valence electrons. The molecule has 0 saturated carbocycles. The maximum atomic E-state index is 13.0. The number of aryl methyl sites for hydroxylation is 1. The Morgan fingerprint density at radius 2 is 2.28 bits per heavy atom. The minimum atomic E-state index is -0.510. The number of nitrogens with zero attached hydrogens (tertiary/aromatic N) is 4. The number of aromatic nitrogens is 1. The number of thiazole rings is 1. The van der Waals surface area contributed by atoms with Gasteiger partial charge in [-0.2, -0.15) is 0 Å². The summed E-state index contributed by atoms with van der Waals surface area (Å²) in [5, 5.41) is 13.3. The molecule has 0 atom stereocenters. The molecule has 1 aliphatic heterocycles. The summed E-state index contributed by atoms with van der Waals surface area (Å²) >= 11 is 1.27. The molecule has 3 rings (SSSR count). The third-order valence-electron chi connectivity index (χ3n) is 4.03. The van der Waals surface area contributed by atoms with Gasteiger partial charge in [-0.05, 0) is 19.4 Å². The van der Waals surface area contributed by atoms with E-state index in [-0.39, 0.29) is 23.8 Å². The van der Waals surface area contributed by atoms with Crippen molar-refractivity contribution >= 4 is 34.0 Å². The molecular formula is C16H16N4O4S. The average Bonchev–Trinajstić information content (AvgIpc) is 3.24. The zero-order valence-electron chi connectivity index (χ0n) is 13.5. The Morgan fingerprint density at radius 1 is 1.48 bits per heavy atom. The molecule has 9 heteroatoms. The molecule has 0 unspecified atom stereocenters. The quantitative estimate of drug-likeness (QED) is 0.603. The molecule has 2 heterocycles. The van der Waals surface area contributed by atoms with E-state index in [1.54, 1.807) is 35.5 Å². The summed E-state index contributed by atoms with van der Waals surface area (Å²) in [7, 11) is 0. The Hall–Kier alpha value is -2.81. The van der Waals surface area contributed by atoms with E-state index in [9.17, 15) is 19.7 Å². The van der Waals surface area contributed by atoms with Gasteiger partial charge in [0.25, 0.3) is 11.6 Å². The monoisotopic (exact) mass is 360 g/mol. The number of hydrogen-bond donors (Lipinski definition) is 0. The van der Waals surface area contributed by atoms with E-state index in [4.69, 9.17) is 0 Å². The molecule has 1 aromatic heterocycles. The minimum Gasteiger partial charge on any atom is -0.324 e. The topological polar surface area (TPSA) is 96.7 Å². The lowest BCUT2D eigenvalue weighted by Crippen LogP contribution is -2.42. The van der Waals surface area contributed by atoms with E-state index in [2.05, 4.69) is 4.98 Å². The standard InChI is InChI=1S/C16H16N4O4S/c1-11-4-5-12(9-13(11)20(23)24)15(22)19(16-17-6-8-25-16)10-18-7-2-3-14(18)21/h4-6,8-9H,2-3,7,10H2,1H3. The summed E-state index contributed by atoms with van der Waals surface area (Å²) in [6, 6.07) is 4.37. The van der Waals surface area contributed by atoms with E-state index in [1.165, 1.54) is 22.3 Å². The van der Waals surface area contributed by atoms with Gasteiger partial charge in [0.15, 0.2) is 5.13 Å². The molecule has 0 bridgehead atoms. The Kier molecular flexibility index (Phi) is 4.75. The molecule has 0 radical (unpaired) electrons. The lowest BCUT2D eigenvalue weighted by molar-refractivity contribution is -0.385. The van der Waals surface area contributed by atoms with Crippen LogP contribution in [-0.4, -0.2) is 39.8 Å². The molecule has 1 aliphatic rings. The van der Waals surface area contributed by atoms with E-state index in [0.29, 0.717) is 23.7 Å². The van der Waals surface area contributed by atoms with Gasteiger partial charge in [0.1, 0.15) is 6.67 Å². The van der Waals surface area contributed by atoms with Crippen LogP contribution in [0.3, 0.4) is 0 Å². The Morgan fingerprint density at radius 3 is 2.88 bits per heavy atom. The van der Waals surface area contributed by atoms with Gasteiger partial charge in [-0.25, -0.2) is 4.98 Å². The van der Waals surface area contributed by atoms with Crippen LogP contribution in [0.5, 0.6) is 0 Å². The van der Waals surface area contributed by atoms with Gasteiger partial charge in [-0.15, -0.1) is 11.3 Å². The predicted molar refractivity (Wildman–Crippen MR) is 92.6 cm³/mol. The Labute approximate surface area is 147 Å². The fourth-order valence-electron chi connectivity index (χ4n) is 2.68. The third kappa shape index (κ3) is 3.50. The second-order valence-electron chi connectivity index (χ2n) is 5.71. The molecule has 1 saturated heterocycles. The van der Waals surface area contributed by atoms with Gasteiger partial charge in [-0.1, -0.05) is 6.07 Å². The summed E-state index contributed by atoms with van der Waals surface area (Å²) in [5.41, 5.74) is 0.568. The highest BCUT2D eigenvalue weighted by atomic mass is 32.1. The molecule has 0 aliphatic carbocycles. The van der Waals surface area contributed by atoms with Crippen molar-refractivity contribution in [3.63, 3.8) is 0 Å². The van der Waals surface area contributed by atoms with E-state index < -0.39 is 10.8 Å². The number of carbonyl (C=O) groups excluding carboxylic acids is 2. The lowest BCUT2D eigenvalue weighted by Gasteiger charge is -2.26. The molecule has 0 N–H and O–H groups in total. The number of nitro groups is 1. The van der Waals surface area contributed by atoms with Gasteiger partial charge in [-0.3, -0.25) is 24.6 Å². The maximum Gasteiger partial charge on any atom is 0.273 e. The lowest BCUT2D eigenvalue weighted by atomic mass is 10.1. The smallest absolute Gasteiger partial charge is 0.273 e. The average molecular weight is 360 g/mol. The van der Waals surface area contributed by atoms with Crippen molar-refractivity contribution in [2.24, 2.45) is 0 Å². The number of rotatable bonds is 5. The van der Waals surface area contributed by atoms with Crippen LogP contribution < -0.4 is 4.90 Å². The highest BCUT2D eigenvalue weighted by molar-refractivity contribution is 7.13. The third-order valence-corrected chi connectivity index (χ3v) is 4.83. The van der Waals surface area contributed by atoms with Crippen molar-refractivity contribution in [3.8, 4) is 0 Å². The van der Waals surface area contributed by atoms with Crippen LogP contribution in [0.25, 0.3) is 0 Å². The van der Waals surface area contributed by atoms with Gasteiger partial charge in [0.05, 0.1) is 4.92 Å². The first-order valence-electron chi connectivity index (χ1n) is 7.71. The number of hydrogen-bond acceptors (Lipinski definition) is 6. The molecule has 2 amide bonds. The van der Waals surface area contributed by atoms with Crippen LogP contribution in [0, 0.1) is 17.0 Å². The first-order chi connectivity index (χ1) is 12.0. The molecule has 1 aromatic carbocycles. The molecule has 25 heavy (non-hydrogen) atoms. The van der Waals surface area contributed by atoms with Crippen LogP contribution in [0.2, 0.25) is 0 Å². The SMILES string of the molecule is Cc1ccc(C(=O)N(CN2CCCC2=O)c2nccs2)cc1[N+](=O)[O-]. The van der Waals surface area contributed by atoms with Crippen molar-refractivity contribution in [2.45, 2.75) is 19.8 Å². The largest absolute Gasteiger partial charge is 0.324 e. The molecule has 8 nitrogen and oxygen atoms in total. The Bertz CT molecular complexity index is 822. The number of nitro benzene ring substituents is 1. The van der Waals surface area contributed by atoms with Gasteiger partial charge >= 0.3 is 0 Å². The normalized spacial score (nSPS) is 14.0. The van der Waals surface area contributed by atoms with Crippen molar-refractivity contribution in [2.75, 3.05) is 18.1 Å². The van der Waals surface area contributed by atoms with Gasteiger partial charge < -0.3 is 4.90 Å². The number of anilines is 1. The number of likely N-dealkylation sites (tertiary alicyclic amines) is 1. The van der Waals surface area contributed by atoms with Gasteiger partial charge in [0, 0.05) is 41.7 Å². The van der Waals surface area contributed by atoms with Crippen molar-refractivity contribution < 1.29 is 14.5 Å². The van der Waals surface area contributed by atoms with Crippen molar-refractivity contribution in [1.29, 1.82) is 0 Å². The van der Waals surface area contributed by atoms with Crippen LogP contribution in [0.4, 0.5) is 10.8 Å². The second kappa shape index (κ2) is 6.98. The van der Waals surface area contributed by atoms with Crippen LogP contribution in [0.1, 0.15) is 28.8 Å². The van der Waals surface area contributed by atoms with E-state index in [0.717, 1.165) is 6.42 Å². The number of amides is 2. The summed E-state index contributed by atoms with van der Waals surface area (Å²) in [5.74, 6) is -0.429. The Balaban J connectivity index is 1.93. The predicted octanol–water partition coefficient (Wildman–Crippen LogP) is 2.59. The maximum absolute atomic E-state index is 13.0. The molecule has 2 aromatic rings. The molecule has 0 spiro atoms. The summed E-state index contributed by atoms with van der Waals surface area (Å²) in [6.45, 7) is 2.29. The summed E-state index contributed by atoms with van der Waals surface area (Å²) in [4.78, 5) is 42.6. The highest BCUT2D eigenvalue weighted by Gasteiger charge is 2.28. The van der Waals surface area contributed by atoms with Crippen LogP contribution >= 0.6 is 11.3 Å². The zero-order valence-corrected chi connectivity index (χ0v) is 14.4. The first kappa shape index (κ1) is 17.0. The molecular weight excluding hydrogens is 344 g/mol. The van der Waals surface area contributed by atoms with E-state index in [1.807, 2.05) is 0 Å². The second-order valence-corrected chi connectivity index (χ2v) is 6.58. The summed E-state index contributed by atoms with van der Waals surface area (Å²) in [6.07, 6.45) is 2.80. The first-order valence-corrected chi connectivity index (χ1v) is 8.59. The van der Waals surface area contributed by atoms with Gasteiger partial charge in [0.2, 0.25) is 5.91 Å². The van der Waals surface area contributed by atoms with Crippen LogP contribution in [0.15, 0.2) is 29.8 Å². The van der Waals surface area contributed by atoms with E-state index >= 15 is 0 Å². The number of carbonyl (C=O) groups is 2. The van der Waals surface area contributed by atoms with Crippen LogP contribution in [-0.2, 0) is 4.79 Å². The molecule has 1 fully saturated rings. The fraction of sp³-hybridized carbons (Fsp3) is 0.312. The number of benzene rings is 1. The van der Waals surface area contributed by atoms with Crippen molar-refractivity contribution in [1.82, 2.24) is 9.88 Å². The fourth-order valence-corrected chi connectivity index (χ4v) is 3.31. The summed E-state index contributed by atoms with van der Waals surface area (Å²) < 4.78 is 0. The van der Waals surface area contributed by atoms with Crippen molar-refractivity contribution in [3.05, 3.63) is 51.0 Å². The zero-order chi connectivity index (χ0) is 18.0. The highest BCUT2D eigenvalue weighted by Crippen LogP contribution is 2.25. The minimum absolute atomic E-state index is 0.00996.